The average Bonchev–Trinajstić information content (AvgIpc) is 3.02. The Morgan fingerprint density at radius 2 is 2.04 bits per heavy atom. The van der Waals surface area contributed by atoms with Crippen molar-refractivity contribution in [3.05, 3.63) is 29.3 Å². The van der Waals surface area contributed by atoms with Crippen molar-refractivity contribution < 1.29 is 19.1 Å². The van der Waals surface area contributed by atoms with Crippen molar-refractivity contribution in [1.29, 1.82) is 0 Å². The topological polar surface area (TPSA) is 75.7 Å². The summed E-state index contributed by atoms with van der Waals surface area (Å²) in [5, 5.41) is 2.79. The number of benzene rings is 1. The minimum Gasteiger partial charge on any atom is -0.467 e. The summed E-state index contributed by atoms with van der Waals surface area (Å²) in [5.74, 6) is -1.32. The Balaban J connectivity index is 2.13. The van der Waals surface area contributed by atoms with Crippen molar-refractivity contribution in [2.75, 3.05) is 18.6 Å². The summed E-state index contributed by atoms with van der Waals surface area (Å²) >= 11 is 0. The first kappa shape index (κ1) is 19.9. The van der Waals surface area contributed by atoms with E-state index < -0.39 is 17.9 Å². The van der Waals surface area contributed by atoms with Gasteiger partial charge in [-0.15, -0.1) is 0 Å². The summed E-state index contributed by atoms with van der Waals surface area (Å²) in [7, 11) is 1.31. The van der Waals surface area contributed by atoms with E-state index in [1.807, 2.05) is 45.9 Å². The number of esters is 1. The number of amides is 2. The standard InChI is InChI=1S/C20H28N2O4/c1-6-12(2)18(20(25)26-5)21-19(24)15-10-17(23)22(11-15)16-9-7-8-13(3)14(16)4/h7-9,12,15,18H,6,10-11H2,1-5H3,(H,21,24). The largest absolute Gasteiger partial charge is 0.467 e. The number of hydrogen-bond acceptors (Lipinski definition) is 4. The summed E-state index contributed by atoms with van der Waals surface area (Å²) in [6.07, 6.45) is 0.881. The number of methoxy groups -OCH3 is 1. The van der Waals surface area contributed by atoms with Crippen molar-refractivity contribution in [2.45, 2.75) is 46.6 Å². The minimum absolute atomic E-state index is 0.0429. The van der Waals surface area contributed by atoms with Crippen molar-refractivity contribution in [2.24, 2.45) is 11.8 Å². The van der Waals surface area contributed by atoms with Crippen LogP contribution in [0.4, 0.5) is 5.69 Å². The normalized spacial score (nSPS) is 19.2. The van der Waals surface area contributed by atoms with Crippen LogP contribution in [-0.4, -0.2) is 37.5 Å². The van der Waals surface area contributed by atoms with Crippen molar-refractivity contribution >= 4 is 23.5 Å². The van der Waals surface area contributed by atoms with Gasteiger partial charge in [-0.3, -0.25) is 9.59 Å². The highest BCUT2D eigenvalue weighted by molar-refractivity contribution is 6.01. The first-order chi connectivity index (χ1) is 12.3. The van der Waals surface area contributed by atoms with Crippen LogP contribution in [0.1, 0.15) is 37.8 Å². The Hall–Kier alpha value is -2.37. The molecule has 1 aliphatic heterocycles. The van der Waals surface area contributed by atoms with Gasteiger partial charge in [-0.25, -0.2) is 4.79 Å². The van der Waals surface area contributed by atoms with Gasteiger partial charge in [0.25, 0.3) is 0 Å². The molecule has 2 rings (SSSR count). The van der Waals surface area contributed by atoms with E-state index >= 15 is 0 Å². The van der Waals surface area contributed by atoms with Gasteiger partial charge in [0.15, 0.2) is 0 Å². The van der Waals surface area contributed by atoms with E-state index in [4.69, 9.17) is 4.74 Å². The molecule has 1 fully saturated rings. The van der Waals surface area contributed by atoms with Gasteiger partial charge in [0.2, 0.25) is 11.8 Å². The fourth-order valence-corrected chi connectivity index (χ4v) is 3.21. The Morgan fingerprint density at radius 1 is 1.35 bits per heavy atom. The van der Waals surface area contributed by atoms with E-state index in [9.17, 15) is 14.4 Å². The second-order valence-corrected chi connectivity index (χ2v) is 7.02. The molecular formula is C20H28N2O4. The second-order valence-electron chi connectivity index (χ2n) is 7.02. The number of nitrogens with one attached hydrogen (secondary N) is 1. The van der Waals surface area contributed by atoms with Crippen LogP contribution in [0.15, 0.2) is 18.2 Å². The summed E-state index contributed by atoms with van der Waals surface area (Å²) in [5.41, 5.74) is 2.98. The molecule has 0 spiro atoms. The molecule has 1 aliphatic rings. The minimum atomic E-state index is -0.692. The maximum atomic E-state index is 12.7. The lowest BCUT2D eigenvalue weighted by atomic mass is 9.98. The number of carbonyl (C=O) groups excluding carboxylic acids is 3. The molecule has 1 saturated heterocycles. The zero-order valence-electron chi connectivity index (χ0n) is 16.2. The van der Waals surface area contributed by atoms with E-state index in [-0.39, 0.29) is 24.2 Å². The number of rotatable bonds is 6. The van der Waals surface area contributed by atoms with Gasteiger partial charge in [-0.05, 0) is 37.0 Å². The van der Waals surface area contributed by atoms with Crippen LogP contribution in [-0.2, 0) is 19.1 Å². The smallest absolute Gasteiger partial charge is 0.328 e. The lowest BCUT2D eigenvalue weighted by Crippen LogP contribution is -2.48. The van der Waals surface area contributed by atoms with Crippen LogP contribution in [0.5, 0.6) is 0 Å². The molecule has 1 aromatic rings. The quantitative estimate of drug-likeness (QED) is 0.790. The number of ether oxygens (including phenoxy) is 1. The van der Waals surface area contributed by atoms with Crippen LogP contribution in [0.25, 0.3) is 0 Å². The Kier molecular flexibility index (Phi) is 6.40. The van der Waals surface area contributed by atoms with Crippen LogP contribution in [0.2, 0.25) is 0 Å². The molecule has 0 radical (unpaired) electrons. The summed E-state index contributed by atoms with van der Waals surface area (Å²) < 4.78 is 4.81. The van der Waals surface area contributed by atoms with Crippen LogP contribution in [0.3, 0.4) is 0 Å². The molecule has 0 saturated carbocycles. The SMILES string of the molecule is CCC(C)C(NC(=O)C1CC(=O)N(c2cccc(C)c2C)C1)C(=O)OC. The molecule has 0 aromatic heterocycles. The van der Waals surface area contributed by atoms with Crippen molar-refractivity contribution in [1.82, 2.24) is 5.32 Å². The van der Waals surface area contributed by atoms with Gasteiger partial charge in [0, 0.05) is 18.7 Å². The zero-order chi connectivity index (χ0) is 19.4. The Morgan fingerprint density at radius 3 is 2.65 bits per heavy atom. The van der Waals surface area contributed by atoms with E-state index in [2.05, 4.69) is 5.32 Å². The molecule has 142 valence electrons. The number of hydrogen-bond donors (Lipinski definition) is 1. The molecule has 1 aromatic carbocycles. The summed E-state index contributed by atoms with van der Waals surface area (Å²) in [4.78, 5) is 38.8. The molecule has 0 bridgehead atoms. The Labute approximate surface area is 154 Å². The highest BCUT2D eigenvalue weighted by Crippen LogP contribution is 2.29. The molecule has 1 heterocycles. The molecular weight excluding hydrogens is 332 g/mol. The summed E-state index contributed by atoms with van der Waals surface area (Å²) in [6, 6.07) is 5.12. The average molecular weight is 360 g/mol. The molecule has 0 aliphatic carbocycles. The number of carbonyl (C=O) groups is 3. The molecule has 3 unspecified atom stereocenters. The fourth-order valence-electron chi connectivity index (χ4n) is 3.21. The third kappa shape index (κ3) is 4.06. The first-order valence-corrected chi connectivity index (χ1v) is 9.04. The van der Waals surface area contributed by atoms with Crippen LogP contribution < -0.4 is 10.2 Å². The zero-order valence-corrected chi connectivity index (χ0v) is 16.2. The van der Waals surface area contributed by atoms with Crippen LogP contribution in [0, 0.1) is 25.7 Å². The van der Waals surface area contributed by atoms with E-state index in [0.29, 0.717) is 6.54 Å². The van der Waals surface area contributed by atoms with Gasteiger partial charge >= 0.3 is 5.97 Å². The molecule has 2 amide bonds. The van der Waals surface area contributed by atoms with E-state index in [0.717, 1.165) is 23.2 Å². The number of nitrogens with zero attached hydrogens (tertiary/aromatic N) is 1. The predicted molar refractivity (Wildman–Crippen MR) is 99.8 cm³/mol. The molecule has 1 N–H and O–H groups in total. The molecule has 26 heavy (non-hydrogen) atoms. The van der Waals surface area contributed by atoms with Crippen molar-refractivity contribution in [3.63, 3.8) is 0 Å². The lowest BCUT2D eigenvalue weighted by molar-refractivity contribution is -0.147. The Bertz CT molecular complexity index is 701. The lowest BCUT2D eigenvalue weighted by Gasteiger charge is -2.24. The number of anilines is 1. The van der Waals surface area contributed by atoms with Gasteiger partial charge in [0.05, 0.1) is 13.0 Å². The molecule has 6 heteroatoms. The maximum Gasteiger partial charge on any atom is 0.328 e. The van der Waals surface area contributed by atoms with Crippen molar-refractivity contribution in [3.8, 4) is 0 Å². The van der Waals surface area contributed by atoms with Gasteiger partial charge < -0.3 is 15.0 Å². The van der Waals surface area contributed by atoms with Gasteiger partial charge in [-0.2, -0.15) is 0 Å². The maximum absolute atomic E-state index is 12.7. The summed E-state index contributed by atoms with van der Waals surface area (Å²) in [6.45, 7) is 8.14. The van der Waals surface area contributed by atoms with Gasteiger partial charge in [0.1, 0.15) is 6.04 Å². The molecule has 6 nitrogen and oxygen atoms in total. The predicted octanol–water partition coefficient (Wildman–Crippen LogP) is 2.36. The third-order valence-electron chi connectivity index (χ3n) is 5.33. The fraction of sp³-hybridized carbons (Fsp3) is 0.550. The highest BCUT2D eigenvalue weighted by Gasteiger charge is 2.38. The number of aryl methyl sites for hydroxylation is 1. The monoisotopic (exact) mass is 360 g/mol. The van der Waals surface area contributed by atoms with Gasteiger partial charge in [-0.1, -0.05) is 32.4 Å². The highest BCUT2D eigenvalue weighted by atomic mass is 16.5. The molecule has 3 atom stereocenters. The van der Waals surface area contributed by atoms with E-state index in [1.54, 1.807) is 4.90 Å². The second kappa shape index (κ2) is 8.34. The van der Waals surface area contributed by atoms with E-state index in [1.165, 1.54) is 7.11 Å². The van der Waals surface area contributed by atoms with Crippen LogP contribution >= 0.6 is 0 Å². The first-order valence-electron chi connectivity index (χ1n) is 9.04. The third-order valence-corrected chi connectivity index (χ3v) is 5.33.